The Bertz CT molecular complexity index is 239. The van der Waals surface area contributed by atoms with Gasteiger partial charge in [0, 0.05) is 0 Å². The van der Waals surface area contributed by atoms with Gasteiger partial charge in [0.05, 0.1) is 6.11 Å². The molecule has 0 amide bonds. The highest BCUT2D eigenvalue weighted by molar-refractivity contribution is 6.90. The molecule has 1 aromatic rings. The zero-order valence-corrected chi connectivity index (χ0v) is 5.81. The summed E-state index contributed by atoms with van der Waals surface area (Å²) in [6.07, 6.45) is 0.843. The molecular formula is C7H7BFNO. The predicted octanol–water partition coefficient (Wildman–Crippen LogP) is 0.854. The molecule has 11 heavy (non-hydrogen) atoms. The standard InChI is InChI=1S/C7H7BFNO/c9-8(6-10-11)7-4-2-1-3-5-7/h1-6,11H. The van der Waals surface area contributed by atoms with Gasteiger partial charge in [-0.3, -0.25) is 0 Å². The highest BCUT2D eigenvalue weighted by Gasteiger charge is 2.12. The summed E-state index contributed by atoms with van der Waals surface area (Å²) in [6, 6.07) is 8.52. The fourth-order valence-electron chi connectivity index (χ4n) is 0.781. The van der Waals surface area contributed by atoms with Crippen molar-refractivity contribution in [1.29, 1.82) is 0 Å². The normalized spacial score (nSPS) is 10.3. The number of halogens is 1. The largest absolute Gasteiger partial charge is 0.428 e. The molecule has 0 bridgehead atoms. The quantitative estimate of drug-likeness (QED) is 0.289. The molecular weight excluding hydrogens is 144 g/mol. The summed E-state index contributed by atoms with van der Waals surface area (Å²) in [5, 5.41) is 10.6. The van der Waals surface area contributed by atoms with Crippen LogP contribution in [-0.2, 0) is 0 Å². The van der Waals surface area contributed by atoms with Gasteiger partial charge in [0.2, 0.25) is 0 Å². The van der Waals surface area contributed by atoms with E-state index in [9.17, 15) is 4.32 Å². The second-order valence-electron chi connectivity index (χ2n) is 2.08. The molecule has 0 aliphatic carbocycles. The van der Waals surface area contributed by atoms with Gasteiger partial charge in [-0.25, -0.2) is 0 Å². The molecule has 0 heterocycles. The smallest absolute Gasteiger partial charge is 0.412 e. The maximum absolute atomic E-state index is 12.8. The van der Waals surface area contributed by atoms with Crippen molar-refractivity contribution in [2.24, 2.45) is 5.16 Å². The molecule has 0 aliphatic rings. The number of hydrogen-bond acceptors (Lipinski definition) is 2. The molecule has 0 aromatic heterocycles. The lowest BCUT2D eigenvalue weighted by atomic mass is 9.66. The minimum atomic E-state index is -1.32. The molecule has 0 saturated heterocycles. The minimum absolute atomic E-state index is 0.491. The predicted molar refractivity (Wildman–Crippen MR) is 43.2 cm³/mol. The van der Waals surface area contributed by atoms with Crippen LogP contribution in [0.5, 0.6) is 0 Å². The molecule has 0 aliphatic heterocycles. The maximum Gasteiger partial charge on any atom is 0.428 e. The van der Waals surface area contributed by atoms with Gasteiger partial charge in [-0.1, -0.05) is 30.3 Å². The van der Waals surface area contributed by atoms with E-state index in [1.54, 1.807) is 30.3 Å². The number of nitrogens with zero attached hydrogens (tertiary/aromatic N) is 1. The molecule has 1 N–H and O–H groups in total. The van der Waals surface area contributed by atoms with Crippen LogP contribution >= 0.6 is 0 Å². The van der Waals surface area contributed by atoms with E-state index < -0.39 is 6.99 Å². The summed E-state index contributed by atoms with van der Waals surface area (Å²) >= 11 is 0. The fraction of sp³-hybridized carbons (Fsp3) is 0. The van der Waals surface area contributed by atoms with Crippen LogP contribution in [0.2, 0.25) is 0 Å². The van der Waals surface area contributed by atoms with Gasteiger partial charge in [0.25, 0.3) is 0 Å². The Morgan fingerprint density at radius 2 is 2.00 bits per heavy atom. The van der Waals surface area contributed by atoms with E-state index in [0.29, 0.717) is 5.46 Å². The van der Waals surface area contributed by atoms with Crippen molar-refractivity contribution < 1.29 is 9.52 Å². The highest BCUT2D eigenvalue weighted by Crippen LogP contribution is 1.87. The van der Waals surface area contributed by atoms with Crippen molar-refractivity contribution in [3.05, 3.63) is 30.3 Å². The summed E-state index contributed by atoms with van der Waals surface area (Å²) in [7, 11) is 0. The second kappa shape index (κ2) is 3.76. The lowest BCUT2D eigenvalue weighted by molar-refractivity contribution is 0.322. The van der Waals surface area contributed by atoms with E-state index in [1.165, 1.54) is 0 Å². The van der Waals surface area contributed by atoms with E-state index in [4.69, 9.17) is 5.21 Å². The van der Waals surface area contributed by atoms with Crippen LogP contribution in [0.3, 0.4) is 0 Å². The molecule has 2 nitrogen and oxygen atoms in total. The van der Waals surface area contributed by atoms with Gasteiger partial charge in [-0.15, -0.1) is 5.16 Å². The zero-order chi connectivity index (χ0) is 8.10. The van der Waals surface area contributed by atoms with Gasteiger partial charge >= 0.3 is 6.99 Å². The first-order valence-corrected chi connectivity index (χ1v) is 3.21. The fourth-order valence-corrected chi connectivity index (χ4v) is 0.781. The van der Waals surface area contributed by atoms with Gasteiger partial charge in [0.1, 0.15) is 0 Å². The molecule has 0 fully saturated rings. The number of oxime groups is 1. The maximum atomic E-state index is 12.8. The summed E-state index contributed by atoms with van der Waals surface area (Å²) in [6.45, 7) is -1.32. The summed E-state index contributed by atoms with van der Waals surface area (Å²) in [4.78, 5) is 0. The van der Waals surface area contributed by atoms with Crippen molar-refractivity contribution in [2.75, 3.05) is 0 Å². The number of rotatable bonds is 2. The molecule has 1 aromatic carbocycles. The van der Waals surface area contributed by atoms with Crippen molar-refractivity contribution in [2.45, 2.75) is 0 Å². The van der Waals surface area contributed by atoms with Crippen LogP contribution in [-0.4, -0.2) is 18.3 Å². The van der Waals surface area contributed by atoms with E-state index in [1.807, 2.05) is 0 Å². The SMILES string of the molecule is ON=CB(F)c1ccccc1. The Morgan fingerprint density at radius 3 is 2.55 bits per heavy atom. The molecule has 0 radical (unpaired) electrons. The van der Waals surface area contributed by atoms with Crippen molar-refractivity contribution >= 4 is 18.6 Å². The summed E-state index contributed by atoms with van der Waals surface area (Å²) in [5.74, 6) is 0. The van der Waals surface area contributed by atoms with Crippen LogP contribution in [0.25, 0.3) is 0 Å². The molecule has 56 valence electrons. The zero-order valence-electron chi connectivity index (χ0n) is 5.81. The Labute approximate surface area is 64.5 Å². The molecule has 1 rings (SSSR count). The second-order valence-corrected chi connectivity index (χ2v) is 2.08. The van der Waals surface area contributed by atoms with Crippen molar-refractivity contribution in [3.63, 3.8) is 0 Å². The monoisotopic (exact) mass is 151 g/mol. The van der Waals surface area contributed by atoms with Crippen LogP contribution in [0.1, 0.15) is 0 Å². The third-order valence-corrected chi connectivity index (χ3v) is 1.32. The Morgan fingerprint density at radius 1 is 1.36 bits per heavy atom. The minimum Gasteiger partial charge on any atom is -0.412 e. The van der Waals surface area contributed by atoms with Crippen LogP contribution in [0.15, 0.2) is 35.5 Å². The number of hydrogen-bond donors (Lipinski definition) is 1. The van der Waals surface area contributed by atoms with Crippen molar-refractivity contribution in [3.8, 4) is 0 Å². The first-order valence-electron chi connectivity index (χ1n) is 3.21. The Kier molecular flexibility index (Phi) is 2.66. The van der Waals surface area contributed by atoms with Crippen LogP contribution < -0.4 is 5.46 Å². The van der Waals surface area contributed by atoms with Gasteiger partial charge < -0.3 is 9.52 Å². The summed E-state index contributed by atoms with van der Waals surface area (Å²) in [5.41, 5.74) is 0.491. The van der Waals surface area contributed by atoms with Crippen LogP contribution in [0, 0.1) is 0 Å². The highest BCUT2D eigenvalue weighted by atomic mass is 19.1. The lowest BCUT2D eigenvalue weighted by Gasteiger charge is -1.94. The summed E-state index contributed by atoms with van der Waals surface area (Å²) < 4.78 is 12.8. The molecule has 0 atom stereocenters. The third-order valence-electron chi connectivity index (χ3n) is 1.32. The van der Waals surface area contributed by atoms with Gasteiger partial charge in [-0.05, 0) is 5.46 Å². The average molecular weight is 151 g/mol. The van der Waals surface area contributed by atoms with E-state index in [-0.39, 0.29) is 0 Å². The van der Waals surface area contributed by atoms with E-state index >= 15 is 0 Å². The lowest BCUT2D eigenvalue weighted by Crippen LogP contribution is -2.26. The molecule has 4 heteroatoms. The first kappa shape index (κ1) is 7.79. The molecule has 0 saturated carbocycles. The Hall–Kier alpha value is -1.32. The average Bonchev–Trinajstić information content (AvgIpc) is 2.07. The number of benzene rings is 1. The van der Waals surface area contributed by atoms with Gasteiger partial charge in [-0.2, -0.15) is 0 Å². The van der Waals surface area contributed by atoms with E-state index in [0.717, 1.165) is 6.11 Å². The van der Waals surface area contributed by atoms with E-state index in [2.05, 4.69) is 5.16 Å². The molecule has 0 unspecified atom stereocenters. The Balaban J connectivity index is 2.76. The topological polar surface area (TPSA) is 32.6 Å². The first-order chi connectivity index (χ1) is 5.34. The van der Waals surface area contributed by atoms with Gasteiger partial charge in [0.15, 0.2) is 0 Å². The van der Waals surface area contributed by atoms with Crippen LogP contribution in [0.4, 0.5) is 4.32 Å². The third kappa shape index (κ3) is 2.07. The van der Waals surface area contributed by atoms with Crippen molar-refractivity contribution in [1.82, 2.24) is 0 Å². The molecule has 0 spiro atoms.